The average molecular weight is 403 g/mol. The van der Waals surface area contributed by atoms with Crippen molar-refractivity contribution >= 4 is 34.4 Å². The van der Waals surface area contributed by atoms with Crippen LogP contribution in [-0.2, 0) is 0 Å². The SMILES string of the molecule is CSc1cccc(NC(=O)NCC(c2cccnc2)c2c[nH]c3ccccc23)c1. The summed E-state index contributed by atoms with van der Waals surface area (Å²) < 4.78 is 0. The van der Waals surface area contributed by atoms with Gasteiger partial charge in [0.1, 0.15) is 0 Å². The van der Waals surface area contributed by atoms with Crippen molar-refractivity contribution in [2.45, 2.75) is 10.8 Å². The number of aromatic amines is 1. The second-order valence-electron chi connectivity index (χ2n) is 6.70. The van der Waals surface area contributed by atoms with Gasteiger partial charge >= 0.3 is 6.03 Å². The fourth-order valence-corrected chi connectivity index (χ4v) is 3.90. The molecule has 1 atom stereocenters. The summed E-state index contributed by atoms with van der Waals surface area (Å²) in [6.07, 6.45) is 7.64. The van der Waals surface area contributed by atoms with Crippen LogP contribution in [0, 0.1) is 0 Å². The Morgan fingerprint density at radius 3 is 2.86 bits per heavy atom. The molecule has 2 heterocycles. The number of pyridine rings is 1. The first kappa shape index (κ1) is 19.1. The van der Waals surface area contributed by atoms with Crippen LogP contribution in [0.2, 0.25) is 0 Å². The molecule has 2 aromatic carbocycles. The van der Waals surface area contributed by atoms with Crippen molar-refractivity contribution < 1.29 is 4.79 Å². The highest BCUT2D eigenvalue weighted by molar-refractivity contribution is 7.98. The van der Waals surface area contributed by atoms with Gasteiger partial charge < -0.3 is 15.6 Å². The third kappa shape index (κ3) is 4.43. The third-order valence-electron chi connectivity index (χ3n) is 4.88. The number of thioether (sulfide) groups is 1. The van der Waals surface area contributed by atoms with Crippen molar-refractivity contribution in [1.29, 1.82) is 0 Å². The fraction of sp³-hybridized carbons (Fsp3) is 0.130. The van der Waals surface area contributed by atoms with E-state index in [0.29, 0.717) is 6.54 Å². The highest BCUT2D eigenvalue weighted by Gasteiger charge is 2.19. The maximum atomic E-state index is 12.5. The van der Waals surface area contributed by atoms with Gasteiger partial charge in [0.25, 0.3) is 0 Å². The summed E-state index contributed by atoms with van der Waals surface area (Å²) in [5.74, 6) is -0.0110. The summed E-state index contributed by atoms with van der Waals surface area (Å²) in [5.41, 5.74) is 4.05. The van der Waals surface area contributed by atoms with Crippen LogP contribution in [-0.4, -0.2) is 28.8 Å². The van der Waals surface area contributed by atoms with Gasteiger partial charge in [-0.05, 0) is 47.7 Å². The van der Waals surface area contributed by atoms with E-state index in [-0.39, 0.29) is 11.9 Å². The molecule has 146 valence electrons. The van der Waals surface area contributed by atoms with Crippen LogP contribution in [0.25, 0.3) is 10.9 Å². The number of urea groups is 1. The number of anilines is 1. The monoisotopic (exact) mass is 402 g/mol. The van der Waals surface area contributed by atoms with E-state index < -0.39 is 0 Å². The minimum atomic E-state index is -0.225. The molecule has 0 saturated carbocycles. The highest BCUT2D eigenvalue weighted by Crippen LogP contribution is 2.30. The molecule has 2 aromatic heterocycles. The maximum absolute atomic E-state index is 12.5. The van der Waals surface area contributed by atoms with Gasteiger partial charge in [-0.1, -0.05) is 30.3 Å². The Bertz CT molecular complexity index is 1110. The van der Waals surface area contributed by atoms with Gasteiger partial charge in [0.15, 0.2) is 0 Å². The topological polar surface area (TPSA) is 69.8 Å². The molecule has 3 N–H and O–H groups in total. The number of carbonyl (C=O) groups is 1. The molecule has 29 heavy (non-hydrogen) atoms. The predicted octanol–water partition coefficient (Wildman–Crippen LogP) is 5.24. The van der Waals surface area contributed by atoms with E-state index in [9.17, 15) is 4.79 Å². The zero-order valence-corrected chi connectivity index (χ0v) is 16.9. The van der Waals surface area contributed by atoms with Gasteiger partial charge in [0.05, 0.1) is 0 Å². The lowest BCUT2D eigenvalue weighted by Gasteiger charge is -2.18. The van der Waals surface area contributed by atoms with Crippen LogP contribution in [0.3, 0.4) is 0 Å². The molecule has 0 radical (unpaired) electrons. The number of carbonyl (C=O) groups excluding carboxylic acids is 1. The number of amides is 2. The zero-order chi connectivity index (χ0) is 20.1. The van der Waals surface area contributed by atoms with Crippen molar-refractivity contribution in [2.24, 2.45) is 0 Å². The summed E-state index contributed by atoms with van der Waals surface area (Å²) in [4.78, 5) is 21.2. The van der Waals surface area contributed by atoms with Crippen LogP contribution >= 0.6 is 11.8 Å². The summed E-state index contributed by atoms with van der Waals surface area (Å²) in [5, 5.41) is 7.09. The molecule has 0 aliphatic rings. The lowest BCUT2D eigenvalue weighted by atomic mass is 9.92. The fourth-order valence-electron chi connectivity index (χ4n) is 3.44. The molecule has 6 heteroatoms. The van der Waals surface area contributed by atoms with Crippen LogP contribution < -0.4 is 10.6 Å². The van der Waals surface area contributed by atoms with E-state index in [1.54, 1.807) is 18.0 Å². The summed E-state index contributed by atoms with van der Waals surface area (Å²) in [6.45, 7) is 0.460. The zero-order valence-electron chi connectivity index (χ0n) is 16.1. The number of nitrogens with zero attached hydrogens (tertiary/aromatic N) is 1. The van der Waals surface area contributed by atoms with Gasteiger partial charge in [-0.15, -0.1) is 11.8 Å². The molecule has 1 unspecified atom stereocenters. The van der Waals surface area contributed by atoms with E-state index in [0.717, 1.165) is 32.6 Å². The molecule has 0 saturated heterocycles. The Balaban J connectivity index is 1.54. The molecule has 0 bridgehead atoms. The predicted molar refractivity (Wildman–Crippen MR) is 120 cm³/mol. The van der Waals surface area contributed by atoms with Crippen LogP contribution in [0.4, 0.5) is 10.5 Å². The third-order valence-corrected chi connectivity index (χ3v) is 5.60. The van der Waals surface area contributed by atoms with Crippen molar-refractivity contribution in [1.82, 2.24) is 15.3 Å². The average Bonchev–Trinajstić information content (AvgIpc) is 3.19. The summed E-state index contributed by atoms with van der Waals surface area (Å²) in [6, 6.07) is 19.7. The van der Waals surface area contributed by atoms with E-state index in [4.69, 9.17) is 0 Å². The van der Waals surface area contributed by atoms with Gasteiger partial charge in [-0.25, -0.2) is 4.79 Å². The molecule has 0 aliphatic heterocycles. The van der Waals surface area contributed by atoms with Crippen molar-refractivity contribution in [3.63, 3.8) is 0 Å². The second-order valence-corrected chi connectivity index (χ2v) is 7.58. The lowest BCUT2D eigenvalue weighted by Crippen LogP contribution is -2.32. The Kier molecular flexibility index (Phi) is 5.81. The molecular weight excluding hydrogens is 380 g/mol. The molecule has 2 amide bonds. The molecule has 0 spiro atoms. The quantitative estimate of drug-likeness (QED) is 0.386. The van der Waals surface area contributed by atoms with E-state index >= 15 is 0 Å². The largest absolute Gasteiger partial charge is 0.361 e. The smallest absolute Gasteiger partial charge is 0.319 e. The van der Waals surface area contributed by atoms with Crippen LogP contribution in [0.5, 0.6) is 0 Å². The Morgan fingerprint density at radius 2 is 2.03 bits per heavy atom. The molecule has 0 fully saturated rings. The number of aromatic nitrogens is 2. The Labute approximate surface area is 174 Å². The van der Waals surface area contributed by atoms with Crippen LogP contribution in [0.15, 0.2) is 84.1 Å². The number of rotatable bonds is 6. The molecule has 4 rings (SSSR count). The van der Waals surface area contributed by atoms with Crippen molar-refractivity contribution in [3.8, 4) is 0 Å². The lowest BCUT2D eigenvalue weighted by molar-refractivity contribution is 0.252. The summed E-state index contributed by atoms with van der Waals surface area (Å²) in [7, 11) is 0. The minimum absolute atomic E-state index is 0.0110. The van der Waals surface area contributed by atoms with E-state index in [1.807, 2.05) is 67.2 Å². The number of hydrogen-bond acceptors (Lipinski definition) is 3. The first-order chi connectivity index (χ1) is 14.2. The van der Waals surface area contributed by atoms with Crippen molar-refractivity contribution in [2.75, 3.05) is 18.1 Å². The van der Waals surface area contributed by atoms with E-state index in [1.165, 1.54) is 0 Å². The number of fused-ring (bicyclic) bond motifs is 1. The second kappa shape index (κ2) is 8.84. The number of para-hydroxylation sites is 1. The minimum Gasteiger partial charge on any atom is -0.361 e. The van der Waals surface area contributed by atoms with Crippen molar-refractivity contribution in [3.05, 3.63) is 90.4 Å². The number of hydrogen-bond donors (Lipinski definition) is 3. The maximum Gasteiger partial charge on any atom is 0.319 e. The molecule has 0 aliphatic carbocycles. The van der Waals surface area contributed by atoms with Gasteiger partial charge in [0.2, 0.25) is 0 Å². The first-order valence-corrected chi connectivity index (χ1v) is 10.6. The highest BCUT2D eigenvalue weighted by atomic mass is 32.2. The number of benzene rings is 2. The van der Waals surface area contributed by atoms with Gasteiger partial charge in [-0.3, -0.25) is 4.98 Å². The molecule has 5 nitrogen and oxygen atoms in total. The molecular formula is C23H22N4OS. The first-order valence-electron chi connectivity index (χ1n) is 9.39. The van der Waals surface area contributed by atoms with Gasteiger partial charge in [0, 0.05) is 52.5 Å². The normalized spacial score (nSPS) is 11.9. The standard InChI is InChI=1S/C23H22N4OS/c1-29-18-8-4-7-17(12-18)27-23(28)26-14-20(16-6-5-11-24-13-16)21-15-25-22-10-3-2-9-19(21)22/h2-13,15,20,25H,14H2,1H3,(H2,26,27,28). The molecule has 4 aromatic rings. The Hall–Kier alpha value is -3.25. The van der Waals surface area contributed by atoms with E-state index in [2.05, 4.69) is 32.7 Å². The number of H-pyrrole nitrogens is 1. The summed E-state index contributed by atoms with van der Waals surface area (Å²) >= 11 is 1.64. The van der Waals surface area contributed by atoms with Gasteiger partial charge in [-0.2, -0.15) is 0 Å². The Morgan fingerprint density at radius 1 is 1.14 bits per heavy atom. The van der Waals surface area contributed by atoms with Crippen LogP contribution in [0.1, 0.15) is 17.0 Å². The number of nitrogens with one attached hydrogen (secondary N) is 3.